The van der Waals surface area contributed by atoms with Gasteiger partial charge in [0.25, 0.3) is 5.91 Å². The topological polar surface area (TPSA) is 94.3 Å². The van der Waals surface area contributed by atoms with E-state index >= 15 is 0 Å². The van der Waals surface area contributed by atoms with E-state index in [1.165, 1.54) is 11.3 Å². The number of rotatable bonds is 4. The number of esters is 1. The lowest BCUT2D eigenvalue weighted by Gasteiger charge is -2.09. The number of fused-ring (bicyclic) bond motifs is 1. The van der Waals surface area contributed by atoms with Crippen LogP contribution in [0.2, 0.25) is 0 Å². The highest BCUT2D eigenvalue weighted by molar-refractivity contribution is 7.22. The molecule has 0 spiro atoms. The lowest BCUT2D eigenvalue weighted by atomic mass is 10.2. The third-order valence-electron chi connectivity index (χ3n) is 2.60. The van der Waals surface area contributed by atoms with Crippen molar-refractivity contribution in [1.82, 2.24) is 4.98 Å². The van der Waals surface area contributed by atoms with E-state index in [0.717, 1.165) is 15.8 Å². The van der Waals surface area contributed by atoms with Crippen molar-refractivity contribution in [3.05, 3.63) is 23.8 Å². The monoisotopic (exact) mass is 293 g/mol. The molecule has 6 nitrogen and oxygen atoms in total. The highest BCUT2D eigenvalue weighted by atomic mass is 32.1. The standard InChI is InChI=1S/C13H15N3O3S/c1-3-19-12(18)10(14)11(17)16-13-15-8-5-4-7(2)6-9(8)20-13/h4-6,10H,3,14H2,1-2H3,(H,15,16,17). The number of aromatic nitrogens is 1. The number of amides is 1. The molecule has 2 rings (SSSR count). The van der Waals surface area contributed by atoms with Crippen LogP contribution < -0.4 is 11.1 Å². The first-order valence-electron chi connectivity index (χ1n) is 6.11. The van der Waals surface area contributed by atoms with Crippen molar-refractivity contribution in [2.45, 2.75) is 19.9 Å². The highest BCUT2D eigenvalue weighted by Gasteiger charge is 2.24. The number of carbonyl (C=O) groups is 2. The molecule has 106 valence electrons. The molecule has 1 amide bonds. The fraction of sp³-hybridized carbons (Fsp3) is 0.308. The van der Waals surface area contributed by atoms with Crippen LogP contribution in [0.5, 0.6) is 0 Å². The van der Waals surface area contributed by atoms with Gasteiger partial charge in [0.1, 0.15) is 0 Å². The second-order valence-corrected chi connectivity index (χ2v) is 5.24. The van der Waals surface area contributed by atoms with Gasteiger partial charge >= 0.3 is 5.97 Å². The number of anilines is 1. The smallest absolute Gasteiger partial charge is 0.332 e. The number of benzene rings is 1. The number of nitrogens with zero attached hydrogens (tertiary/aromatic N) is 1. The van der Waals surface area contributed by atoms with Crippen LogP contribution in [0, 0.1) is 6.92 Å². The van der Waals surface area contributed by atoms with E-state index in [-0.39, 0.29) is 6.61 Å². The van der Waals surface area contributed by atoms with Gasteiger partial charge in [-0.3, -0.25) is 4.79 Å². The van der Waals surface area contributed by atoms with Crippen molar-refractivity contribution in [2.75, 3.05) is 11.9 Å². The molecule has 20 heavy (non-hydrogen) atoms. The molecule has 0 fully saturated rings. The van der Waals surface area contributed by atoms with Crippen LogP contribution in [0.25, 0.3) is 10.2 Å². The summed E-state index contributed by atoms with van der Waals surface area (Å²) < 4.78 is 5.66. The first-order valence-corrected chi connectivity index (χ1v) is 6.93. The van der Waals surface area contributed by atoms with Crippen molar-refractivity contribution in [2.24, 2.45) is 5.73 Å². The number of aryl methyl sites for hydroxylation is 1. The summed E-state index contributed by atoms with van der Waals surface area (Å²) in [6.45, 7) is 3.81. The van der Waals surface area contributed by atoms with Crippen LogP contribution >= 0.6 is 11.3 Å². The summed E-state index contributed by atoms with van der Waals surface area (Å²) in [4.78, 5) is 27.4. The predicted octanol–water partition coefficient (Wildman–Crippen LogP) is 1.43. The zero-order valence-electron chi connectivity index (χ0n) is 11.2. The van der Waals surface area contributed by atoms with E-state index in [4.69, 9.17) is 10.5 Å². The second kappa shape index (κ2) is 5.98. The van der Waals surface area contributed by atoms with Gasteiger partial charge in [-0.15, -0.1) is 0 Å². The highest BCUT2D eigenvalue weighted by Crippen LogP contribution is 2.26. The van der Waals surface area contributed by atoms with Gasteiger partial charge < -0.3 is 15.8 Å². The van der Waals surface area contributed by atoms with E-state index in [1.54, 1.807) is 6.92 Å². The Morgan fingerprint density at radius 3 is 2.95 bits per heavy atom. The van der Waals surface area contributed by atoms with E-state index in [0.29, 0.717) is 5.13 Å². The normalized spacial score (nSPS) is 12.2. The van der Waals surface area contributed by atoms with Crippen molar-refractivity contribution in [3.8, 4) is 0 Å². The number of nitrogens with two attached hydrogens (primary N) is 1. The van der Waals surface area contributed by atoms with Gasteiger partial charge in [0, 0.05) is 0 Å². The molecule has 0 saturated heterocycles. The lowest BCUT2D eigenvalue weighted by molar-refractivity contribution is -0.146. The molecule has 7 heteroatoms. The molecule has 0 radical (unpaired) electrons. The first-order chi connectivity index (χ1) is 9.51. The Morgan fingerprint density at radius 1 is 1.50 bits per heavy atom. The molecule has 1 atom stereocenters. The molecular formula is C13H15N3O3S. The summed E-state index contributed by atoms with van der Waals surface area (Å²) in [6.07, 6.45) is 0. The SMILES string of the molecule is CCOC(=O)C(N)C(=O)Nc1nc2ccc(C)cc2s1. The number of carbonyl (C=O) groups excluding carboxylic acids is 2. The Kier molecular flexibility index (Phi) is 4.31. The van der Waals surface area contributed by atoms with E-state index in [2.05, 4.69) is 10.3 Å². The van der Waals surface area contributed by atoms with Crippen molar-refractivity contribution >= 4 is 38.6 Å². The minimum atomic E-state index is -1.34. The van der Waals surface area contributed by atoms with Gasteiger partial charge in [-0.05, 0) is 31.5 Å². The molecule has 0 aliphatic carbocycles. The molecule has 0 saturated carbocycles. The molecule has 2 aromatic rings. The molecule has 1 aromatic heterocycles. The maximum absolute atomic E-state index is 11.8. The van der Waals surface area contributed by atoms with Crippen LogP contribution in [0.3, 0.4) is 0 Å². The quantitative estimate of drug-likeness (QED) is 0.657. The number of hydrogen-bond donors (Lipinski definition) is 2. The fourth-order valence-corrected chi connectivity index (χ4v) is 2.57. The zero-order chi connectivity index (χ0) is 14.7. The third-order valence-corrected chi connectivity index (χ3v) is 3.53. The fourth-order valence-electron chi connectivity index (χ4n) is 1.61. The van der Waals surface area contributed by atoms with Gasteiger partial charge in [-0.1, -0.05) is 17.4 Å². The van der Waals surface area contributed by atoms with E-state index in [9.17, 15) is 9.59 Å². The zero-order valence-corrected chi connectivity index (χ0v) is 12.0. The molecule has 0 aliphatic rings. The molecule has 0 bridgehead atoms. The average Bonchev–Trinajstić information content (AvgIpc) is 2.79. The minimum Gasteiger partial charge on any atom is -0.464 e. The Labute approximate surface area is 119 Å². The van der Waals surface area contributed by atoms with Gasteiger partial charge in [0.2, 0.25) is 0 Å². The maximum Gasteiger partial charge on any atom is 0.332 e. The van der Waals surface area contributed by atoms with Crippen LogP contribution in [-0.2, 0) is 14.3 Å². The second-order valence-electron chi connectivity index (χ2n) is 4.21. The van der Waals surface area contributed by atoms with Crippen molar-refractivity contribution < 1.29 is 14.3 Å². The van der Waals surface area contributed by atoms with Gasteiger partial charge in [-0.2, -0.15) is 0 Å². The molecule has 1 aromatic carbocycles. The van der Waals surface area contributed by atoms with Crippen LogP contribution in [0.15, 0.2) is 18.2 Å². The summed E-state index contributed by atoms with van der Waals surface area (Å²) >= 11 is 1.33. The Bertz CT molecular complexity index is 653. The van der Waals surface area contributed by atoms with Gasteiger partial charge in [0.15, 0.2) is 11.2 Å². The average molecular weight is 293 g/mol. The molecule has 1 heterocycles. The summed E-state index contributed by atoms with van der Waals surface area (Å²) in [5, 5.41) is 2.94. The number of nitrogens with one attached hydrogen (secondary N) is 1. The maximum atomic E-state index is 11.8. The predicted molar refractivity (Wildman–Crippen MR) is 77.6 cm³/mol. The van der Waals surface area contributed by atoms with Gasteiger partial charge in [-0.25, -0.2) is 9.78 Å². The number of ether oxygens (including phenoxy) is 1. The number of hydrogen-bond acceptors (Lipinski definition) is 6. The Balaban J connectivity index is 2.11. The largest absolute Gasteiger partial charge is 0.464 e. The van der Waals surface area contributed by atoms with E-state index < -0.39 is 17.9 Å². The lowest BCUT2D eigenvalue weighted by Crippen LogP contribution is -2.43. The first kappa shape index (κ1) is 14.4. The molecular weight excluding hydrogens is 278 g/mol. The van der Waals surface area contributed by atoms with Crippen LogP contribution in [-0.4, -0.2) is 29.5 Å². The summed E-state index contributed by atoms with van der Waals surface area (Å²) in [6, 6.07) is 4.46. The molecule has 0 aliphatic heterocycles. The van der Waals surface area contributed by atoms with Crippen molar-refractivity contribution in [1.29, 1.82) is 0 Å². The summed E-state index contributed by atoms with van der Waals surface area (Å²) in [5.74, 6) is -1.37. The van der Waals surface area contributed by atoms with Crippen LogP contribution in [0.1, 0.15) is 12.5 Å². The minimum absolute atomic E-state index is 0.181. The Morgan fingerprint density at radius 2 is 2.25 bits per heavy atom. The Hall–Kier alpha value is -1.99. The van der Waals surface area contributed by atoms with Gasteiger partial charge in [0.05, 0.1) is 16.8 Å². The summed E-state index contributed by atoms with van der Waals surface area (Å²) in [5.41, 5.74) is 7.41. The van der Waals surface area contributed by atoms with Crippen LogP contribution in [0.4, 0.5) is 5.13 Å². The number of thiazole rings is 1. The molecule has 1 unspecified atom stereocenters. The van der Waals surface area contributed by atoms with E-state index in [1.807, 2.05) is 25.1 Å². The molecule has 3 N–H and O–H groups in total. The third kappa shape index (κ3) is 3.12. The van der Waals surface area contributed by atoms with Crippen molar-refractivity contribution in [3.63, 3.8) is 0 Å². The summed E-state index contributed by atoms with van der Waals surface area (Å²) in [7, 11) is 0.